The van der Waals surface area contributed by atoms with Crippen LogP contribution in [0.5, 0.6) is 0 Å². The van der Waals surface area contributed by atoms with E-state index >= 15 is 0 Å². The van der Waals surface area contributed by atoms with E-state index in [1.165, 1.54) is 44.5 Å². The van der Waals surface area contributed by atoms with Crippen molar-refractivity contribution in [2.24, 2.45) is 0 Å². The molecule has 3 nitrogen and oxygen atoms in total. The Bertz CT molecular complexity index is 2270. The molecule has 0 bridgehead atoms. The lowest BCUT2D eigenvalue weighted by Crippen LogP contribution is -2.30. The van der Waals surface area contributed by atoms with Crippen molar-refractivity contribution in [1.82, 2.24) is 0 Å². The molecule has 0 saturated heterocycles. The van der Waals surface area contributed by atoms with Gasteiger partial charge in [-0.2, -0.15) is 10.5 Å². The minimum absolute atomic E-state index is 0.115. The number of hydrogen-bond acceptors (Lipinski definition) is 3. The van der Waals surface area contributed by atoms with Crippen LogP contribution < -0.4 is 0 Å². The summed E-state index contributed by atoms with van der Waals surface area (Å²) < 4.78 is 6.24. The maximum absolute atomic E-state index is 10.6. The molecular weight excluding hydrogens is 645 g/mol. The van der Waals surface area contributed by atoms with Crippen LogP contribution in [0, 0.1) is 22.7 Å². The van der Waals surface area contributed by atoms with E-state index in [4.69, 9.17) is 4.74 Å². The van der Waals surface area contributed by atoms with Gasteiger partial charge in [0, 0.05) is 22.7 Å². The van der Waals surface area contributed by atoms with Crippen LogP contribution in [0.15, 0.2) is 121 Å². The summed E-state index contributed by atoms with van der Waals surface area (Å²) >= 11 is 0. The quantitative estimate of drug-likeness (QED) is 0.185. The predicted octanol–water partition coefficient (Wildman–Crippen LogP) is 11.2. The first-order valence-electron chi connectivity index (χ1n) is 18.8. The van der Waals surface area contributed by atoms with Crippen molar-refractivity contribution in [1.29, 1.82) is 10.5 Å². The largest absolute Gasteiger partial charge is 0.372 e. The average molecular weight is 687 g/mol. The van der Waals surface area contributed by atoms with Gasteiger partial charge < -0.3 is 4.74 Å². The average Bonchev–Trinajstić information content (AvgIpc) is 3.35. The molecule has 3 aliphatic rings. The molecule has 0 saturated carbocycles. The molecule has 0 radical (unpaired) electrons. The lowest BCUT2D eigenvalue weighted by atomic mass is 9.64. The van der Waals surface area contributed by atoms with Crippen molar-refractivity contribution < 1.29 is 4.74 Å². The number of nitrogens with zero attached hydrogens (tertiary/aromatic N) is 2. The van der Waals surface area contributed by atoms with Gasteiger partial charge in [0.05, 0.1) is 36.5 Å². The first-order chi connectivity index (χ1) is 25.7. The summed E-state index contributed by atoms with van der Waals surface area (Å²) in [5, 5.41) is 21.1. The third kappa shape index (κ3) is 5.18. The smallest absolute Gasteiger partial charge is 0.0994 e. The van der Waals surface area contributed by atoms with E-state index in [0.717, 1.165) is 33.4 Å². The molecule has 6 aromatic rings. The maximum Gasteiger partial charge on any atom is 0.0994 e. The van der Waals surface area contributed by atoms with Crippen molar-refractivity contribution in [3.05, 3.63) is 199 Å². The van der Waals surface area contributed by atoms with Gasteiger partial charge in [0.25, 0.3) is 0 Å². The highest BCUT2D eigenvalue weighted by molar-refractivity contribution is 5.76. The van der Waals surface area contributed by atoms with Gasteiger partial charge in [0.1, 0.15) is 0 Å². The second-order valence-corrected chi connectivity index (χ2v) is 16.2. The van der Waals surface area contributed by atoms with Gasteiger partial charge in [-0.25, -0.2) is 0 Å². The Morgan fingerprint density at radius 1 is 0.509 bits per heavy atom. The van der Waals surface area contributed by atoms with Crippen molar-refractivity contribution in [3.8, 4) is 23.3 Å². The van der Waals surface area contributed by atoms with E-state index in [-0.39, 0.29) is 22.7 Å². The Hall–Kier alpha value is -5.74. The molecule has 0 aromatic heterocycles. The Morgan fingerprint density at radius 2 is 0.830 bits per heavy atom. The molecule has 0 unspecified atom stereocenters. The summed E-state index contributed by atoms with van der Waals surface area (Å²) in [4.78, 5) is 0. The fourth-order valence-corrected chi connectivity index (χ4v) is 9.92. The van der Waals surface area contributed by atoms with Crippen molar-refractivity contribution >= 4 is 0 Å². The second kappa shape index (κ2) is 12.4. The molecule has 0 fully saturated rings. The minimum atomic E-state index is -0.115. The molecule has 0 N–H and O–H groups in total. The first kappa shape index (κ1) is 33.1. The van der Waals surface area contributed by atoms with E-state index in [1.54, 1.807) is 0 Å². The molecule has 0 spiro atoms. The zero-order valence-corrected chi connectivity index (χ0v) is 30.8. The fraction of sp³-hybridized carbons (Fsp3) is 0.240. The fourth-order valence-electron chi connectivity index (χ4n) is 9.92. The van der Waals surface area contributed by atoms with Gasteiger partial charge in [-0.05, 0) is 115 Å². The summed E-state index contributed by atoms with van der Waals surface area (Å²) in [6.45, 7) is 10.1. The Morgan fingerprint density at radius 3 is 1.15 bits per heavy atom. The monoisotopic (exact) mass is 686 g/mol. The normalized spacial score (nSPS) is 16.3. The number of ether oxygens (including phenoxy) is 1. The molecule has 6 aromatic carbocycles. The topological polar surface area (TPSA) is 56.8 Å². The molecular formula is C50H42N2O. The lowest BCUT2D eigenvalue weighted by Gasteiger charge is -2.39. The summed E-state index contributed by atoms with van der Waals surface area (Å²) in [5.41, 5.74) is 18.2. The SMILES string of the molecule is CC1(C)c2ccccc2C(Cc2cc3c(cc2C#N)COCc2cc(C#N)c(CC4c5ccccc5C(C)(C)c5ccccc54)cc2-3)c2ccccc21. The maximum atomic E-state index is 10.6. The number of benzene rings is 6. The van der Waals surface area contributed by atoms with Crippen LogP contribution in [0.25, 0.3) is 11.1 Å². The Labute approximate surface area is 313 Å². The van der Waals surface area contributed by atoms with Crippen LogP contribution in [0.1, 0.15) is 117 Å². The van der Waals surface area contributed by atoms with E-state index in [1.807, 2.05) is 0 Å². The third-order valence-corrected chi connectivity index (χ3v) is 12.6. The van der Waals surface area contributed by atoms with Crippen LogP contribution in [-0.2, 0) is 41.6 Å². The summed E-state index contributed by atoms with van der Waals surface area (Å²) in [7, 11) is 0. The highest BCUT2D eigenvalue weighted by Gasteiger charge is 2.39. The van der Waals surface area contributed by atoms with E-state index < -0.39 is 0 Å². The van der Waals surface area contributed by atoms with Gasteiger partial charge in [0.2, 0.25) is 0 Å². The molecule has 1 heterocycles. The van der Waals surface area contributed by atoms with Crippen LogP contribution >= 0.6 is 0 Å². The number of rotatable bonds is 4. The van der Waals surface area contributed by atoms with Crippen LogP contribution in [-0.4, -0.2) is 0 Å². The third-order valence-electron chi connectivity index (χ3n) is 12.6. The molecule has 258 valence electrons. The number of nitriles is 2. The highest BCUT2D eigenvalue weighted by Crippen LogP contribution is 2.50. The molecule has 3 heteroatoms. The highest BCUT2D eigenvalue weighted by atomic mass is 16.5. The molecule has 0 amide bonds. The predicted molar refractivity (Wildman–Crippen MR) is 211 cm³/mol. The molecule has 9 rings (SSSR count). The zero-order valence-electron chi connectivity index (χ0n) is 30.8. The molecule has 1 aliphatic heterocycles. The molecule has 0 atom stereocenters. The van der Waals surface area contributed by atoms with Crippen LogP contribution in [0.3, 0.4) is 0 Å². The van der Waals surface area contributed by atoms with Crippen molar-refractivity contribution in [2.45, 2.75) is 76.4 Å². The van der Waals surface area contributed by atoms with Gasteiger partial charge >= 0.3 is 0 Å². The zero-order chi connectivity index (χ0) is 36.5. The molecule has 2 aliphatic carbocycles. The van der Waals surface area contributed by atoms with Crippen LogP contribution in [0.2, 0.25) is 0 Å². The standard InChI is InChI=1S/C50H42N2O/c1-49(2)45-17-9-5-13-37(45)43(38-14-6-10-18-46(38)49)25-31-23-41-35(21-33(31)27-51)29-53-30-36-22-34(28-52)32(24-42(36)41)26-44-39-15-7-11-19-47(39)50(3,4)48-20-12-8-16-40(44)48/h5-24,43-44H,25-26,29-30H2,1-4H3. The van der Waals surface area contributed by atoms with Gasteiger partial charge in [-0.15, -0.1) is 0 Å². The Kier molecular flexibility index (Phi) is 7.78. The van der Waals surface area contributed by atoms with Gasteiger partial charge in [-0.3, -0.25) is 0 Å². The minimum Gasteiger partial charge on any atom is -0.372 e. The van der Waals surface area contributed by atoms with Gasteiger partial charge in [0.15, 0.2) is 0 Å². The van der Waals surface area contributed by atoms with E-state index in [9.17, 15) is 10.5 Å². The van der Waals surface area contributed by atoms with Gasteiger partial charge in [-0.1, -0.05) is 125 Å². The summed E-state index contributed by atoms with van der Waals surface area (Å²) in [6, 6.07) is 49.1. The van der Waals surface area contributed by atoms with Crippen LogP contribution in [0.4, 0.5) is 0 Å². The lowest BCUT2D eigenvalue weighted by molar-refractivity contribution is 0.110. The van der Waals surface area contributed by atoms with E-state index in [0.29, 0.717) is 37.2 Å². The second-order valence-electron chi connectivity index (χ2n) is 16.2. The Balaban J connectivity index is 1.17. The first-order valence-corrected chi connectivity index (χ1v) is 18.8. The van der Waals surface area contributed by atoms with Crippen molar-refractivity contribution in [2.75, 3.05) is 0 Å². The number of hydrogen-bond donors (Lipinski definition) is 0. The summed E-state index contributed by atoms with van der Waals surface area (Å²) in [6.07, 6.45) is 1.43. The summed E-state index contributed by atoms with van der Waals surface area (Å²) in [5.74, 6) is 0.239. The van der Waals surface area contributed by atoms with Crippen molar-refractivity contribution in [3.63, 3.8) is 0 Å². The van der Waals surface area contributed by atoms with E-state index in [2.05, 4.69) is 161 Å². The number of fused-ring (bicyclic) bond motifs is 7. The molecule has 53 heavy (non-hydrogen) atoms.